The van der Waals surface area contributed by atoms with Crippen LogP contribution in [0.2, 0.25) is 0 Å². The van der Waals surface area contributed by atoms with Crippen LogP contribution in [0.25, 0.3) is 0 Å². The molecular formula is C27H36N4O3. The number of anilines is 3. The van der Waals surface area contributed by atoms with Crippen LogP contribution in [0.3, 0.4) is 0 Å². The number of hydrogen-bond acceptors (Lipinski definition) is 4. The highest BCUT2D eigenvalue weighted by Gasteiger charge is 2.21. The van der Waals surface area contributed by atoms with E-state index < -0.39 is 0 Å². The van der Waals surface area contributed by atoms with Gasteiger partial charge in [0.15, 0.2) is 0 Å². The number of nitrogens with one attached hydrogen (secondary N) is 3. The van der Waals surface area contributed by atoms with E-state index in [0.717, 1.165) is 50.9 Å². The van der Waals surface area contributed by atoms with Gasteiger partial charge in [-0.1, -0.05) is 38.8 Å². The average molecular weight is 465 g/mol. The maximum Gasteiger partial charge on any atom is 0.253 e. The molecule has 0 bridgehead atoms. The fourth-order valence-electron chi connectivity index (χ4n) is 3.98. The van der Waals surface area contributed by atoms with Crippen LogP contribution in [0.1, 0.15) is 62.7 Å². The lowest BCUT2D eigenvalue weighted by Crippen LogP contribution is -2.37. The summed E-state index contributed by atoms with van der Waals surface area (Å²) in [4.78, 5) is 39.2. The first-order valence-electron chi connectivity index (χ1n) is 12.3. The molecule has 7 heteroatoms. The summed E-state index contributed by atoms with van der Waals surface area (Å²) < 4.78 is 0. The summed E-state index contributed by atoms with van der Waals surface area (Å²) in [6.07, 6.45) is 5.55. The zero-order valence-corrected chi connectivity index (χ0v) is 20.2. The van der Waals surface area contributed by atoms with Gasteiger partial charge >= 0.3 is 0 Å². The number of unbranched alkanes of at least 4 members (excludes halogenated alkanes) is 2. The van der Waals surface area contributed by atoms with Crippen LogP contribution in [0.4, 0.5) is 17.1 Å². The minimum Gasteiger partial charge on any atom is -0.376 e. The summed E-state index contributed by atoms with van der Waals surface area (Å²) in [5.74, 6) is 0.446. The first-order valence-corrected chi connectivity index (χ1v) is 12.3. The molecule has 0 saturated carbocycles. The monoisotopic (exact) mass is 464 g/mol. The van der Waals surface area contributed by atoms with Gasteiger partial charge in [0.2, 0.25) is 11.8 Å². The van der Waals surface area contributed by atoms with Gasteiger partial charge in [-0.05, 0) is 61.6 Å². The van der Waals surface area contributed by atoms with Crippen molar-refractivity contribution in [2.75, 3.05) is 35.6 Å². The predicted molar refractivity (Wildman–Crippen MR) is 137 cm³/mol. The second-order valence-electron chi connectivity index (χ2n) is 9.04. The predicted octanol–water partition coefficient (Wildman–Crippen LogP) is 5.13. The lowest BCUT2D eigenvalue weighted by molar-refractivity contribution is -0.116. The van der Waals surface area contributed by atoms with Gasteiger partial charge in [-0.15, -0.1) is 0 Å². The van der Waals surface area contributed by atoms with Crippen LogP contribution in [0.5, 0.6) is 0 Å². The van der Waals surface area contributed by atoms with E-state index in [9.17, 15) is 14.4 Å². The second kappa shape index (κ2) is 12.8. The minimum absolute atomic E-state index is 0.00293. The molecule has 0 spiro atoms. The number of benzene rings is 2. The molecule has 1 aliphatic rings. The van der Waals surface area contributed by atoms with Crippen molar-refractivity contribution >= 4 is 34.8 Å². The number of likely N-dealkylation sites (tertiary alicyclic amines) is 1. The van der Waals surface area contributed by atoms with Crippen LogP contribution in [0.15, 0.2) is 48.5 Å². The van der Waals surface area contributed by atoms with E-state index in [0.29, 0.717) is 29.3 Å². The molecule has 0 aromatic heterocycles. The Hall–Kier alpha value is -3.35. The van der Waals surface area contributed by atoms with Crippen LogP contribution >= 0.6 is 0 Å². The quantitative estimate of drug-likeness (QED) is 0.425. The summed E-state index contributed by atoms with van der Waals surface area (Å²) in [6.45, 7) is 5.94. The van der Waals surface area contributed by atoms with Crippen molar-refractivity contribution in [1.29, 1.82) is 0 Å². The molecule has 3 N–H and O–H groups in total. The van der Waals surface area contributed by atoms with Gasteiger partial charge in [0, 0.05) is 42.1 Å². The number of carbonyl (C=O) groups is 3. The van der Waals surface area contributed by atoms with E-state index in [4.69, 9.17) is 0 Å². The van der Waals surface area contributed by atoms with Gasteiger partial charge in [-0.2, -0.15) is 0 Å². The fraction of sp³-hybridized carbons (Fsp3) is 0.444. The molecule has 0 aliphatic carbocycles. The van der Waals surface area contributed by atoms with Crippen molar-refractivity contribution < 1.29 is 14.4 Å². The Morgan fingerprint density at radius 3 is 2.26 bits per heavy atom. The molecule has 7 nitrogen and oxygen atoms in total. The van der Waals surface area contributed by atoms with E-state index in [1.807, 2.05) is 29.2 Å². The molecule has 182 valence electrons. The molecule has 2 aromatic rings. The van der Waals surface area contributed by atoms with E-state index in [2.05, 4.69) is 29.8 Å². The molecular weight excluding hydrogens is 428 g/mol. The van der Waals surface area contributed by atoms with E-state index in [1.165, 1.54) is 0 Å². The van der Waals surface area contributed by atoms with Gasteiger partial charge in [0.1, 0.15) is 0 Å². The maximum atomic E-state index is 12.8. The van der Waals surface area contributed by atoms with Crippen LogP contribution < -0.4 is 16.0 Å². The maximum absolute atomic E-state index is 12.8. The molecule has 1 fully saturated rings. The number of amides is 3. The Kier molecular flexibility index (Phi) is 9.50. The average Bonchev–Trinajstić information content (AvgIpc) is 2.83. The number of nitrogens with zero attached hydrogens (tertiary/aromatic N) is 1. The van der Waals surface area contributed by atoms with Crippen LogP contribution in [-0.4, -0.2) is 42.3 Å². The highest BCUT2D eigenvalue weighted by atomic mass is 16.2. The van der Waals surface area contributed by atoms with Crippen molar-refractivity contribution in [2.24, 2.45) is 5.92 Å². The Balaban J connectivity index is 1.49. The summed E-state index contributed by atoms with van der Waals surface area (Å²) in [7, 11) is 0. The Morgan fingerprint density at radius 2 is 1.53 bits per heavy atom. The standard InChI is InChI=1S/C27H36N4O3/c1-3-4-5-12-25(32)29-24-11-7-9-22(18-24)28-19-26(33)30-23-10-6-8-21(17-23)27(34)31-15-13-20(2)14-16-31/h6-11,17-18,20,28H,3-5,12-16,19H2,1-2H3,(H,29,32)(H,30,33). The molecule has 3 rings (SSSR count). The lowest BCUT2D eigenvalue weighted by atomic mass is 9.98. The SMILES string of the molecule is CCCCCC(=O)Nc1cccc(NCC(=O)Nc2cccc(C(=O)N3CCC(C)CC3)c2)c1. The summed E-state index contributed by atoms with van der Waals surface area (Å²) >= 11 is 0. The van der Waals surface area contributed by atoms with Crippen molar-refractivity contribution in [3.8, 4) is 0 Å². The fourth-order valence-corrected chi connectivity index (χ4v) is 3.98. The highest BCUT2D eigenvalue weighted by Crippen LogP contribution is 2.20. The van der Waals surface area contributed by atoms with Crippen molar-refractivity contribution in [3.63, 3.8) is 0 Å². The van der Waals surface area contributed by atoms with Gasteiger partial charge in [0.05, 0.1) is 6.54 Å². The number of hydrogen-bond donors (Lipinski definition) is 3. The molecule has 3 amide bonds. The highest BCUT2D eigenvalue weighted by molar-refractivity contribution is 5.98. The summed E-state index contributed by atoms with van der Waals surface area (Å²) in [5, 5.41) is 8.84. The molecule has 2 aromatic carbocycles. The first-order chi connectivity index (χ1) is 16.4. The second-order valence-corrected chi connectivity index (χ2v) is 9.04. The third kappa shape index (κ3) is 7.90. The summed E-state index contributed by atoms with van der Waals surface area (Å²) in [5.41, 5.74) is 2.62. The van der Waals surface area contributed by atoms with Crippen molar-refractivity contribution in [3.05, 3.63) is 54.1 Å². The van der Waals surface area contributed by atoms with Crippen molar-refractivity contribution in [1.82, 2.24) is 4.90 Å². The Bertz CT molecular complexity index is 983. The zero-order valence-electron chi connectivity index (χ0n) is 20.2. The number of carbonyl (C=O) groups excluding carboxylic acids is 3. The molecule has 1 heterocycles. The minimum atomic E-state index is -0.217. The largest absolute Gasteiger partial charge is 0.376 e. The van der Waals surface area contributed by atoms with Gasteiger partial charge in [0.25, 0.3) is 5.91 Å². The first kappa shape index (κ1) is 25.3. The molecule has 0 unspecified atom stereocenters. The van der Waals surface area contributed by atoms with Gasteiger partial charge < -0.3 is 20.9 Å². The third-order valence-corrected chi connectivity index (χ3v) is 6.07. The number of piperidine rings is 1. The van der Waals surface area contributed by atoms with Crippen molar-refractivity contribution in [2.45, 2.75) is 52.4 Å². The summed E-state index contributed by atoms with van der Waals surface area (Å²) in [6, 6.07) is 14.4. The van der Waals surface area contributed by atoms with Gasteiger partial charge in [-0.3, -0.25) is 14.4 Å². The zero-order chi connectivity index (χ0) is 24.3. The smallest absolute Gasteiger partial charge is 0.253 e. The number of rotatable bonds is 10. The van der Waals surface area contributed by atoms with E-state index in [-0.39, 0.29) is 24.3 Å². The van der Waals surface area contributed by atoms with Crippen LogP contribution in [0, 0.1) is 5.92 Å². The molecule has 0 atom stereocenters. The third-order valence-electron chi connectivity index (χ3n) is 6.07. The normalized spacial score (nSPS) is 13.9. The molecule has 0 radical (unpaired) electrons. The van der Waals surface area contributed by atoms with Crippen LogP contribution in [-0.2, 0) is 9.59 Å². The molecule has 34 heavy (non-hydrogen) atoms. The molecule has 1 aliphatic heterocycles. The Morgan fingerprint density at radius 1 is 0.882 bits per heavy atom. The lowest BCUT2D eigenvalue weighted by Gasteiger charge is -2.30. The topological polar surface area (TPSA) is 90.5 Å². The Labute approximate surface area is 202 Å². The van der Waals surface area contributed by atoms with Gasteiger partial charge in [-0.25, -0.2) is 0 Å². The van der Waals surface area contributed by atoms with E-state index in [1.54, 1.807) is 24.3 Å². The van der Waals surface area contributed by atoms with E-state index >= 15 is 0 Å². The molecule has 1 saturated heterocycles.